The molecule has 3 saturated heterocycles. The van der Waals surface area contributed by atoms with Crippen molar-refractivity contribution in [2.45, 2.75) is 218 Å². The molecule has 3 fully saturated rings. The van der Waals surface area contributed by atoms with Gasteiger partial charge in [0.05, 0.1) is 0 Å². The minimum Gasteiger partial charge on any atom is -0.338 e. The quantitative estimate of drug-likeness (QED) is 0.0909. The largest absolute Gasteiger partial charge is 0.338 e. The highest BCUT2D eigenvalue weighted by Crippen LogP contribution is 2.36. The van der Waals surface area contributed by atoms with E-state index in [0.29, 0.717) is 18.1 Å². The highest BCUT2D eigenvalue weighted by molar-refractivity contribution is 5.41. The summed E-state index contributed by atoms with van der Waals surface area (Å²) in [5.41, 5.74) is 5.07. The molecule has 1 aromatic rings. The van der Waals surface area contributed by atoms with Gasteiger partial charge in [-0.15, -0.1) is 0 Å². The van der Waals surface area contributed by atoms with Crippen LogP contribution in [0.15, 0.2) is 6.33 Å². The van der Waals surface area contributed by atoms with Crippen LogP contribution in [0.4, 0.5) is 11.9 Å². The molecule has 0 radical (unpaired) electrons. The Hall–Kier alpha value is -1.95. The smallest absolute Gasteiger partial charge is 0.230 e. The number of nitrogens with one attached hydrogen (secondary N) is 5. The van der Waals surface area contributed by atoms with Gasteiger partial charge >= 0.3 is 0 Å². The molecule has 51 heavy (non-hydrogen) atoms. The van der Waals surface area contributed by atoms with Crippen LogP contribution < -0.4 is 31.1 Å². The lowest BCUT2D eigenvalue weighted by Crippen LogP contribution is -2.63. The maximum atomic E-state index is 7.50. The van der Waals surface area contributed by atoms with Gasteiger partial charge in [-0.2, -0.15) is 9.89 Å². The molecule has 0 unspecified atom stereocenters. The summed E-state index contributed by atoms with van der Waals surface area (Å²) in [6.07, 6.45) is 15.6. The second-order valence-corrected chi connectivity index (χ2v) is 20.1. The van der Waals surface area contributed by atoms with E-state index in [0.717, 1.165) is 76.5 Å². The number of hydrogen-bond acceptors (Lipinski definition) is 11. The second-order valence-electron chi connectivity index (χ2n) is 20.1. The third-order valence-electron chi connectivity index (χ3n) is 11.0. The number of aromatic nitrogens is 3. The van der Waals surface area contributed by atoms with Gasteiger partial charge in [0.15, 0.2) is 0 Å². The number of nitrogens with zero attached hydrogens (tertiary/aromatic N) is 5. The molecule has 0 bridgehead atoms. The molecule has 0 aromatic carbocycles. The van der Waals surface area contributed by atoms with Crippen LogP contribution >= 0.6 is 0 Å². The Bertz CT molecular complexity index is 1170. The van der Waals surface area contributed by atoms with E-state index in [9.17, 15) is 0 Å². The van der Waals surface area contributed by atoms with Crippen molar-refractivity contribution in [3.05, 3.63) is 11.2 Å². The maximum Gasteiger partial charge on any atom is 0.230 e. The maximum absolute atomic E-state index is 7.50. The second kappa shape index (κ2) is 17.5. The molecule has 294 valence electrons. The van der Waals surface area contributed by atoms with E-state index in [1.165, 1.54) is 32.1 Å². The van der Waals surface area contributed by atoms with Gasteiger partial charge in [0.1, 0.15) is 6.33 Å². The first-order valence-corrected chi connectivity index (χ1v) is 20.1. The molecule has 11 heteroatoms. The zero-order valence-electron chi connectivity index (χ0n) is 35.1. The Morgan fingerprint density at radius 1 is 0.608 bits per heavy atom. The van der Waals surface area contributed by atoms with Gasteiger partial charge < -0.3 is 31.1 Å². The predicted octanol–water partition coefficient (Wildman–Crippen LogP) is 7.69. The van der Waals surface area contributed by atoms with Gasteiger partial charge in [-0.25, -0.2) is 9.97 Å². The zero-order chi connectivity index (χ0) is 38.3. The minimum absolute atomic E-state index is 0.0450. The summed E-state index contributed by atoms with van der Waals surface area (Å²) >= 11 is 0. The van der Waals surface area contributed by atoms with Crippen molar-refractivity contribution in [3.63, 3.8) is 0 Å². The van der Waals surface area contributed by atoms with Gasteiger partial charge in [-0.3, -0.25) is 0 Å². The van der Waals surface area contributed by atoms with E-state index in [4.69, 9.17) is 19.9 Å². The first kappa shape index (κ1) is 43.5. The Labute approximate surface area is 312 Å². The highest BCUT2D eigenvalue weighted by atomic mass is 16.2. The molecule has 0 atom stereocenters. The normalized spacial score (nSPS) is 23.9. The van der Waals surface area contributed by atoms with Crippen LogP contribution in [0.2, 0.25) is 0 Å². The Morgan fingerprint density at radius 2 is 0.980 bits per heavy atom. The molecule has 5 N–H and O–H groups in total. The van der Waals surface area contributed by atoms with Crippen molar-refractivity contribution in [1.82, 2.24) is 36.2 Å². The molecular weight excluding hydrogens is 637 g/mol. The third kappa shape index (κ3) is 13.8. The minimum atomic E-state index is 0.0450. The molecule has 3 aliphatic rings. The topological polar surface area (TPSA) is 134 Å². The van der Waals surface area contributed by atoms with Crippen LogP contribution in [0.3, 0.4) is 0 Å². The average Bonchev–Trinajstić information content (AvgIpc) is 2.95. The molecule has 4 heterocycles. The van der Waals surface area contributed by atoms with Crippen LogP contribution in [0.1, 0.15) is 167 Å². The van der Waals surface area contributed by atoms with Crippen LogP contribution in [-0.2, 0) is 0 Å². The monoisotopic (exact) mass is 715 g/mol. The van der Waals surface area contributed by atoms with Crippen molar-refractivity contribution in [2.75, 3.05) is 29.4 Å². The summed E-state index contributed by atoms with van der Waals surface area (Å²) in [7, 11) is 0. The van der Waals surface area contributed by atoms with Crippen LogP contribution in [-0.4, -0.2) is 85.9 Å². The fourth-order valence-corrected chi connectivity index (χ4v) is 10.3. The van der Waals surface area contributed by atoms with E-state index in [1.807, 2.05) is 0 Å². The van der Waals surface area contributed by atoms with Gasteiger partial charge in [0.25, 0.3) is 0 Å². The first-order valence-electron chi connectivity index (χ1n) is 20.1. The standard InChI is InChI=1S/C40H77N9.HNO/c1-14-15-21-48(31-25-37(6,7)46-38(8,9)26-31)33-42-29-43-34(44-33)49(32-27-39(10,11)47-40(12,13)28-32)22-19-17-16-18-20-41-30-23-35(2,3)45-36(4,5)24-30;1-2/h29-32,41,45-47H,14-28H2,1-13H3;1H. The summed E-state index contributed by atoms with van der Waals surface area (Å²) in [5, 5.41) is 15.5. The van der Waals surface area contributed by atoms with E-state index in [2.05, 4.69) is 127 Å². The predicted molar refractivity (Wildman–Crippen MR) is 215 cm³/mol. The lowest BCUT2D eigenvalue weighted by molar-refractivity contribution is 0.146. The summed E-state index contributed by atoms with van der Waals surface area (Å²) < 4.78 is 0. The molecule has 0 amide bonds. The molecule has 0 aliphatic carbocycles. The number of nitroso groups, excluding NO2 is 1. The Balaban J connectivity index is 0.00000345. The molecular formula is C40H78N10O. The van der Waals surface area contributed by atoms with Gasteiger partial charge in [-0.05, 0) is 147 Å². The van der Waals surface area contributed by atoms with Crippen molar-refractivity contribution >= 4 is 11.9 Å². The molecule has 1 aromatic heterocycles. The van der Waals surface area contributed by atoms with Crippen LogP contribution in [0, 0.1) is 10.5 Å². The number of hydrogen-bond donors (Lipinski definition) is 5. The number of unbranched alkanes of at least 4 members (excludes halogenated alkanes) is 4. The highest BCUT2D eigenvalue weighted by Gasteiger charge is 2.43. The van der Waals surface area contributed by atoms with Crippen LogP contribution in [0.25, 0.3) is 0 Å². The lowest BCUT2D eigenvalue weighted by atomic mass is 9.79. The average molecular weight is 715 g/mol. The summed E-state index contributed by atoms with van der Waals surface area (Å²) in [5.74, 6) is 1.71. The van der Waals surface area contributed by atoms with E-state index in [1.54, 1.807) is 6.33 Å². The molecule has 11 nitrogen and oxygen atoms in total. The fraction of sp³-hybridized carbons (Fsp3) is 0.925. The van der Waals surface area contributed by atoms with Crippen molar-refractivity contribution in [1.29, 1.82) is 5.59 Å². The molecule has 0 spiro atoms. The van der Waals surface area contributed by atoms with Crippen molar-refractivity contribution < 1.29 is 0 Å². The van der Waals surface area contributed by atoms with E-state index >= 15 is 0 Å². The summed E-state index contributed by atoms with van der Waals surface area (Å²) in [6, 6.07) is 1.34. The van der Waals surface area contributed by atoms with E-state index in [-0.39, 0.29) is 33.2 Å². The number of rotatable bonds is 15. The Kier molecular flexibility index (Phi) is 14.9. The first-order chi connectivity index (χ1) is 23.6. The summed E-state index contributed by atoms with van der Waals surface area (Å²) in [4.78, 5) is 27.7. The molecule has 3 aliphatic heterocycles. The number of anilines is 2. The van der Waals surface area contributed by atoms with Gasteiger partial charge in [-0.1, -0.05) is 31.8 Å². The lowest BCUT2D eigenvalue weighted by Gasteiger charge is -2.50. The molecule has 4 rings (SSSR count). The van der Waals surface area contributed by atoms with Crippen LogP contribution in [0.5, 0.6) is 0 Å². The summed E-state index contributed by atoms with van der Waals surface area (Å²) in [6.45, 7) is 33.4. The van der Waals surface area contributed by atoms with Crippen molar-refractivity contribution in [2.24, 2.45) is 0 Å². The van der Waals surface area contributed by atoms with Gasteiger partial charge in [0, 0.05) is 64.4 Å². The third-order valence-corrected chi connectivity index (χ3v) is 11.0. The Morgan fingerprint density at radius 3 is 1.39 bits per heavy atom. The number of piperidine rings is 3. The zero-order valence-corrected chi connectivity index (χ0v) is 35.1. The van der Waals surface area contributed by atoms with Crippen molar-refractivity contribution in [3.8, 4) is 0 Å². The fourth-order valence-electron chi connectivity index (χ4n) is 10.3. The molecule has 0 saturated carbocycles. The van der Waals surface area contributed by atoms with Gasteiger partial charge in [0.2, 0.25) is 11.9 Å². The van der Waals surface area contributed by atoms with E-state index < -0.39 is 0 Å². The SMILES string of the molecule is CCCCN(c1ncnc(N(CCCCCCNC2CC(C)(C)NC(C)(C)C2)C2CC(C)(C)NC(C)(C)C2)n1)C1CC(C)(C)NC(C)(C)C1.N=O.